The van der Waals surface area contributed by atoms with Crippen LogP contribution in [0.4, 0.5) is 0 Å². The van der Waals surface area contributed by atoms with E-state index >= 15 is 0 Å². The summed E-state index contributed by atoms with van der Waals surface area (Å²) in [6, 6.07) is 8.62. The predicted molar refractivity (Wildman–Crippen MR) is 71.4 cm³/mol. The van der Waals surface area contributed by atoms with Gasteiger partial charge in [0.1, 0.15) is 5.78 Å². The van der Waals surface area contributed by atoms with Crippen molar-refractivity contribution in [2.45, 2.75) is 38.0 Å². The largest absolute Gasteiger partial charge is 0.299 e. The molecule has 0 unspecified atom stereocenters. The molecule has 1 saturated carbocycles. The lowest BCUT2D eigenvalue weighted by Crippen LogP contribution is -2.68. The van der Waals surface area contributed by atoms with Crippen molar-refractivity contribution >= 4 is 5.78 Å². The van der Waals surface area contributed by atoms with Crippen LogP contribution in [0.15, 0.2) is 36.4 Å². The molecule has 1 heteroatoms. The van der Waals surface area contributed by atoms with Crippen molar-refractivity contribution in [2.75, 3.05) is 0 Å². The molecule has 1 aromatic carbocycles. The first kappa shape index (κ1) is 10.5. The van der Waals surface area contributed by atoms with Crippen LogP contribution in [0.25, 0.3) is 0 Å². The predicted octanol–water partition coefficient (Wildman–Crippen LogP) is 3.43. The SMILES string of the molecule is C[C@H]1C=CC[C@@]23CCc4ccccc4[C@@]12C(=O)C3. The topological polar surface area (TPSA) is 17.1 Å². The van der Waals surface area contributed by atoms with Gasteiger partial charge in [-0.1, -0.05) is 43.3 Å². The number of hydrogen-bond donors (Lipinski definition) is 0. The number of carbonyl (C=O) groups is 1. The fraction of sp³-hybridized carbons (Fsp3) is 0.471. The fourth-order valence-electron chi connectivity index (χ4n) is 4.95. The molecular formula is C17H18O. The molecule has 3 atom stereocenters. The third-order valence-corrected chi connectivity index (χ3v) is 5.71. The Morgan fingerprint density at radius 1 is 1.28 bits per heavy atom. The lowest BCUT2D eigenvalue weighted by molar-refractivity contribution is -0.155. The molecule has 92 valence electrons. The fourth-order valence-corrected chi connectivity index (χ4v) is 4.95. The average Bonchev–Trinajstić information content (AvgIpc) is 2.36. The summed E-state index contributed by atoms with van der Waals surface area (Å²) < 4.78 is 0. The minimum Gasteiger partial charge on any atom is -0.299 e. The number of carbonyl (C=O) groups excluding carboxylic acids is 1. The molecule has 0 spiro atoms. The number of Topliss-reactive ketones (excluding diaryl/α,β-unsaturated/α-hetero) is 1. The lowest BCUT2D eigenvalue weighted by Gasteiger charge is -2.64. The lowest BCUT2D eigenvalue weighted by atomic mass is 9.36. The summed E-state index contributed by atoms with van der Waals surface area (Å²) in [7, 11) is 0. The normalized spacial score (nSPS) is 40.5. The Balaban J connectivity index is 2.03. The zero-order valence-electron chi connectivity index (χ0n) is 10.8. The minimum absolute atomic E-state index is 0.184. The first-order valence-electron chi connectivity index (χ1n) is 6.99. The molecule has 18 heavy (non-hydrogen) atoms. The number of allylic oxidation sites excluding steroid dienone is 2. The number of rotatable bonds is 0. The van der Waals surface area contributed by atoms with E-state index in [-0.39, 0.29) is 10.8 Å². The van der Waals surface area contributed by atoms with Crippen molar-refractivity contribution in [3.8, 4) is 0 Å². The third-order valence-electron chi connectivity index (χ3n) is 5.71. The second-order valence-electron chi connectivity index (χ2n) is 6.27. The van der Waals surface area contributed by atoms with Gasteiger partial charge in [-0.2, -0.15) is 0 Å². The van der Waals surface area contributed by atoms with Gasteiger partial charge >= 0.3 is 0 Å². The van der Waals surface area contributed by atoms with Gasteiger partial charge in [-0.15, -0.1) is 0 Å². The van der Waals surface area contributed by atoms with E-state index in [4.69, 9.17) is 0 Å². The first-order valence-corrected chi connectivity index (χ1v) is 6.99. The molecule has 0 radical (unpaired) electrons. The maximum absolute atomic E-state index is 12.6. The molecule has 3 aliphatic rings. The summed E-state index contributed by atoms with van der Waals surface area (Å²) >= 11 is 0. The van der Waals surface area contributed by atoms with Crippen LogP contribution in [-0.4, -0.2) is 5.78 Å². The number of benzene rings is 1. The molecule has 3 aliphatic carbocycles. The van der Waals surface area contributed by atoms with Gasteiger partial charge in [0.2, 0.25) is 0 Å². The smallest absolute Gasteiger partial charge is 0.145 e. The van der Waals surface area contributed by atoms with Gasteiger partial charge in [-0.25, -0.2) is 0 Å². The molecule has 1 fully saturated rings. The molecule has 0 saturated heterocycles. The molecule has 0 aliphatic heterocycles. The number of aryl methyl sites for hydroxylation is 1. The third kappa shape index (κ3) is 0.911. The van der Waals surface area contributed by atoms with Crippen molar-refractivity contribution < 1.29 is 4.79 Å². The Bertz CT molecular complexity index is 571. The monoisotopic (exact) mass is 238 g/mol. The van der Waals surface area contributed by atoms with E-state index in [1.54, 1.807) is 0 Å². The summed E-state index contributed by atoms with van der Waals surface area (Å²) in [6.45, 7) is 2.23. The van der Waals surface area contributed by atoms with Crippen LogP contribution < -0.4 is 0 Å². The molecule has 0 aromatic heterocycles. The van der Waals surface area contributed by atoms with Gasteiger partial charge in [0, 0.05) is 6.42 Å². The number of fused-ring (bicyclic) bond motifs is 1. The van der Waals surface area contributed by atoms with Crippen LogP contribution in [0, 0.1) is 11.3 Å². The zero-order chi connectivity index (χ0) is 12.4. The Hall–Kier alpha value is -1.37. The molecule has 0 amide bonds. The van der Waals surface area contributed by atoms with E-state index in [0.29, 0.717) is 11.7 Å². The summed E-state index contributed by atoms with van der Waals surface area (Å²) in [5.41, 5.74) is 2.80. The van der Waals surface area contributed by atoms with Crippen LogP contribution in [0.5, 0.6) is 0 Å². The van der Waals surface area contributed by atoms with E-state index in [0.717, 1.165) is 19.3 Å². The van der Waals surface area contributed by atoms with Gasteiger partial charge in [0.15, 0.2) is 0 Å². The van der Waals surface area contributed by atoms with E-state index < -0.39 is 0 Å². The van der Waals surface area contributed by atoms with Crippen LogP contribution in [0.2, 0.25) is 0 Å². The highest BCUT2D eigenvalue weighted by atomic mass is 16.1. The Morgan fingerprint density at radius 3 is 2.94 bits per heavy atom. The van der Waals surface area contributed by atoms with Gasteiger partial charge in [-0.05, 0) is 41.7 Å². The molecule has 0 bridgehead atoms. The van der Waals surface area contributed by atoms with Crippen LogP contribution in [-0.2, 0) is 16.6 Å². The first-order chi connectivity index (χ1) is 8.71. The summed E-state index contributed by atoms with van der Waals surface area (Å²) in [4.78, 5) is 12.6. The molecule has 4 rings (SSSR count). The van der Waals surface area contributed by atoms with Crippen LogP contribution in [0.1, 0.15) is 37.3 Å². The van der Waals surface area contributed by atoms with Gasteiger partial charge in [0.25, 0.3) is 0 Å². The second kappa shape index (κ2) is 3.14. The number of ketones is 1. The Morgan fingerprint density at radius 2 is 2.11 bits per heavy atom. The molecule has 1 aromatic rings. The van der Waals surface area contributed by atoms with Crippen molar-refractivity contribution in [1.82, 2.24) is 0 Å². The van der Waals surface area contributed by atoms with E-state index in [1.165, 1.54) is 17.5 Å². The zero-order valence-corrected chi connectivity index (χ0v) is 10.8. The van der Waals surface area contributed by atoms with Crippen LogP contribution in [0.3, 0.4) is 0 Å². The summed E-state index contributed by atoms with van der Waals surface area (Å²) in [5.74, 6) is 0.834. The summed E-state index contributed by atoms with van der Waals surface area (Å²) in [6.07, 6.45) is 8.80. The highest BCUT2D eigenvalue weighted by Gasteiger charge is 2.69. The average molecular weight is 238 g/mol. The quantitative estimate of drug-likeness (QED) is 0.633. The van der Waals surface area contributed by atoms with Crippen LogP contribution >= 0.6 is 0 Å². The highest BCUT2D eigenvalue weighted by Crippen LogP contribution is 2.67. The molecule has 0 heterocycles. The maximum atomic E-state index is 12.6. The molecule has 0 N–H and O–H groups in total. The van der Waals surface area contributed by atoms with Crippen molar-refractivity contribution in [3.05, 3.63) is 47.5 Å². The van der Waals surface area contributed by atoms with Crippen molar-refractivity contribution in [1.29, 1.82) is 0 Å². The maximum Gasteiger partial charge on any atom is 0.145 e. The molecule has 1 nitrogen and oxygen atoms in total. The second-order valence-corrected chi connectivity index (χ2v) is 6.27. The van der Waals surface area contributed by atoms with E-state index in [9.17, 15) is 4.79 Å². The minimum atomic E-state index is -0.184. The highest BCUT2D eigenvalue weighted by molar-refractivity contribution is 6.00. The number of hydrogen-bond acceptors (Lipinski definition) is 1. The van der Waals surface area contributed by atoms with E-state index in [2.05, 4.69) is 43.3 Å². The van der Waals surface area contributed by atoms with E-state index in [1.807, 2.05) is 0 Å². The molecular weight excluding hydrogens is 220 g/mol. The van der Waals surface area contributed by atoms with Gasteiger partial charge in [0.05, 0.1) is 5.41 Å². The standard InChI is InChI=1S/C17H18O/c1-12-5-4-9-16-10-8-13-6-2-3-7-14(13)17(12,16)15(18)11-16/h2-7,12H,8-11H2,1H3/t12-,16-,17+/m0/s1. The Labute approximate surface area is 108 Å². The van der Waals surface area contributed by atoms with Gasteiger partial charge < -0.3 is 0 Å². The van der Waals surface area contributed by atoms with Crippen molar-refractivity contribution in [2.24, 2.45) is 11.3 Å². The summed E-state index contributed by atoms with van der Waals surface area (Å²) in [5, 5.41) is 0. The van der Waals surface area contributed by atoms with Gasteiger partial charge in [-0.3, -0.25) is 4.79 Å². The Kier molecular flexibility index (Phi) is 1.84. The van der Waals surface area contributed by atoms with Crippen molar-refractivity contribution in [3.63, 3.8) is 0 Å².